The number of nitrogens with zero attached hydrogens (tertiary/aromatic N) is 1. The van der Waals surface area contributed by atoms with E-state index in [4.69, 9.17) is 13.9 Å². The zero-order chi connectivity index (χ0) is 25.4. The Morgan fingerprint density at radius 1 is 0.838 bits per heavy atom. The summed E-state index contributed by atoms with van der Waals surface area (Å²) in [6.07, 6.45) is 0.543. The maximum Gasteiger partial charge on any atom is 0.340 e. The van der Waals surface area contributed by atoms with Gasteiger partial charge in [0.05, 0.1) is 0 Å². The molecule has 0 aliphatic carbocycles. The first-order valence-electron chi connectivity index (χ1n) is 12.4. The molecule has 1 aliphatic rings. The predicted molar refractivity (Wildman–Crippen MR) is 146 cm³/mol. The normalized spacial score (nSPS) is 12.8. The number of anilines is 1. The lowest BCUT2D eigenvalue weighted by atomic mass is 9.96. The number of fused-ring (bicyclic) bond motifs is 2. The predicted octanol–water partition coefficient (Wildman–Crippen LogP) is 7.15. The highest BCUT2D eigenvalue weighted by Crippen LogP contribution is 2.38. The number of hydrogen-bond donors (Lipinski definition) is 0. The third-order valence-electron chi connectivity index (χ3n) is 6.96. The molecule has 1 aliphatic heterocycles. The van der Waals surface area contributed by atoms with Gasteiger partial charge in [-0.15, -0.1) is 0 Å². The average molecular weight is 490 g/mol. The standard InChI is InChI=1S/C32H27NO4/c1-21-28-18-24-19-33(25-13-15-27(16-14-25)36-26-11-7-4-8-12-26)20-35-30(24)22(2)31(28)37-32(34)29(21)17-23-9-5-3-6-10-23/h3-16,18H,17,19-20H2,1-2H3. The molecule has 0 fully saturated rings. The molecule has 1 aromatic heterocycles. The van der Waals surface area contributed by atoms with Crippen LogP contribution in [0.2, 0.25) is 0 Å². The molecule has 0 unspecified atom stereocenters. The summed E-state index contributed by atoms with van der Waals surface area (Å²) in [5, 5.41) is 0.957. The SMILES string of the molecule is Cc1c(Cc2ccccc2)c(=O)oc2c(C)c3c(cc12)CN(c1ccc(Oc2ccccc2)cc1)CO3. The number of aryl methyl sites for hydroxylation is 2. The van der Waals surface area contributed by atoms with Gasteiger partial charge in [0.2, 0.25) is 0 Å². The van der Waals surface area contributed by atoms with Crippen LogP contribution in [0.15, 0.2) is 100 Å². The zero-order valence-electron chi connectivity index (χ0n) is 20.9. The Balaban J connectivity index is 1.30. The molecular weight excluding hydrogens is 462 g/mol. The lowest BCUT2D eigenvalue weighted by Crippen LogP contribution is -2.32. The largest absolute Gasteiger partial charge is 0.472 e. The van der Waals surface area contributed by atoms with E-state index in [1.165, 1.54) is 0 Å². The van der Waals surface area contributed by atoms with Gasteiger partial charge in [0.15, 0.2) is 6.73 Å². The van der Waals surface area contributed by atoms with E-state index in [1.54, 1.807) is 0 Å². The summed E-state index contributed by atoms with van der Waals surface area (Å²) in [6.45, 7) is 5.08. The van der Waals surface area contributed by atoms with Crippen molar-refractivity contribution in [3.05, 3.63) is 129 Å². The highest BCUT2D eigenvalue weighted by Gasteiger charge is 2.24. The molecule has 0 atom stereocenters. The van der Waals surface area contributed by atoms with E-state index in [0.29, 0.717) is 30.8 Å². The van der Waals surface area contributed by atoms with E-state index in [-0.39, 0.29) is 5.63 Å². The second-order valence-corrected chi connectivity index (χ2v) is 9.40. The Labute approximate surface area is 215 Å². The third kappa shape index (κ3) is 4.45. The highest BCUT2D eigenvalue weighted by molar-refractivity contribution is 5.87. The van der Waals surface area contributed by atoms with Crippen molar-refractivity contribution in [1.29, 1.82) is 0 Å². The van der Waals surface area contributed by atoms with Crippen molar-refractivity contribution in [3.63, 3.8) is 0 Å². The van der Waals surface area contributed by atoms with Crippen LogP contribution in [-0.2, 0) is 13.0 Å². The lowest BCUT2D eigenvalue weighted by Gasteiger charge is -2.32. The van der Waals surface area contributed by atoms with Gasteiger partial charge in [-0.25, -0.2) is 4.79 Å². The van der Waals surface area contributed by atoms with Gasteiger partial charge in [0.25, 0.3) is 0 Å². The molecule has 0 bridgehead atoms. The van der Waals surface area contributed by atoms with Crippen molar-refractivity contribution in [2.75, 3.05) is 11.6 Å². The summed E-state index contributed by atoms with van der Waals surface area (Å²) in [6, 6.07) is 29.9. The topological polar surface area (TPSA) is 51.9 Å². The van der Waals surface area contributed by atoms with Crippen LogP contribution in [0.5, 0.6) is 17.2 Å². The molecule has 0 radical (unpaired) electrons. The van der Waals surface area contributed by atoms with Gasteiger partial charge >= 0.3 is 5.63 Å². The van der Waals surface area contributed by atoms with Gasteiger partial charge in [-0.05, 0) is 67.4 Å². The van der Waals surface area contributed by atoms with Crippen LogP contribution in [0.4, 0.5) is 5.69 Å². The molecule has 0 saturated heterocycles. The molecule has 5 heteroatoms. The van der Waals surface area contributed by atoms with Crippen LogP contribution in [-0.4, -0.2) is 6.73 Å². The minimum absolute atomic E-state index is 0.285. The molecule has 0 spiro atoms. The Morgan fingerprint density at radius 2 is 1.51 bits per heavy atom. The van der Waals surface area contributed by atoms with Gasteiger partial charge in [0, 0.05) is 40.7 Å². The van der Waals surface area contributed by atoms with Crippen molar-refractivity contribution in [3.8, 4) is 17.2 Å². The first-order valence-corrected chi connectivity index (χ1v) is 12.4. The van der Waals surface area contributed by atoms with Gasteiger partial charge in [-0.3, -0.25) is 0 Å². The fourth-order valence-electron chi connectivity index (χ4n) is 4.96. The van der Waals surface area contributed by atoms with Gasteiger partial charge in [-0.2, -0.15) is 0 Å². The van der Waals surface area contributed by atoms with Crippen LogP contribution >= 0.6 is 0 Å². The lowest BCUT2D eigenvalue weighted by molar-refractivity contribution is 0.287. The summed E-state index contributed by atoms with van der Waals surface area (Å²) < 4.78 is 18.0. The summed E-state index contributed by atoms with van der Waals surface area (Å²) in [5.74, 6) is 2.39. The summed E-state index contributed by atoms with van der Waals surface area (Å²) in [4.78, 5) is 15.1. The van der Waals surface area contributed by atoms with Crippen molar-refractivity contribution < 1.29 is 13.9 Å². The number of rotatable bonds is 5. The van der Waals surface area contributed by atoms with Crippen LogP contribution in [0.3, 0.4) is 0 Å². The number of benzene rings is 4. The van der Waals surface area contributed by atoms with Crippen LogP contribution in [0.25, 0.3) is 11.0 Å². The van der Waals surface area contributed by atoms with Crippen molar-refractivity contribution in [2.24, 2.45) is 0 Å². The second kappa shape index (κ2) is 9.51. The summed E-state index contributed by atoms with van der Waals surface area (Å²) in [5.41, 5.74) is 6.04. The Hall–Kier alpha value is -4.51. The first kappa shape index (κ1) is 22.9. The maximum atomic E-state index is 12.9. The highest BCUT2D eigenvalue weighted by atomic mass is 16.5. The molecule has 5 nitrogen and oxygen atoms in total. The first-order chi connectivity index (χ1) is 18.1. The fraction of sp³-hybridized carbons (Fsp3) is 0.156. The maximum absolute atomic E-state index is 12.9. The van der Waals surface area contributed by atoms with E-state index in [9.17, 15) is 4.79 Å². The molecule has 37 heavy (non-hydrogen) atoms. The van der Waals surface area contributed by atoms with E-state index < -0.39 is 0 Å². The Morgan fingerprint density at radius 3 is 2.24 bits per heavy atom. The van der Waals surface area contributed by atoms with Crippen LogP contribution in [0, 0.1) is 13.8 Å². The number of para-hydroxylation sites is 1. The van der Waals surface area contributed by atoms with E-state index in [1.807, 2.05) is 98.8 Å². The zero-order valence-corrected chi connectivity index (χ0v) is 20.9. The molecule has 0 saturated carbocycles. The van der Waals surface area contributed by atoms with Crippen LogP contribution < -0.4 is 20.0 Å². The minimum atomic E-state index is -0.285. The van der Waals surface area contributed by atoms with Gasteiger partial charge in [0.1, 0.15) is 22.8 Å². The smallest absolute Gasteiger partial charge is 0.340 e. The molecule has 4 aromatic carbocycles. The van der Waals surface area contributed by atoms with Gasteiger partial charge in [-0.1, -0.05) is 48.5 Å². The molecule has 5 aromatic rings. The second-order valence-electron chi connectivity index (χ2n) is 9.40. The molecular formula is C32H27NO4. The van der Waals surface area contributed by atoms with E-state index >= 15 is 0 Å². The number of ether oxygens (including phenoxy) is 2. The monoisotopic (exact) mass is 489 g/mol. The summed E-state index contributed by atoms with van der Waals surface area (Å²) in [7, 11) is 0. The Kier molecular flexibility index (Phi) is 5.89. The summed E-state index contributed by atoms with van der Waals surface area (Å²) >= 11 is 0. The van der Waals surface area contributed by atoms with Gasteiger partial charge < -0.3 is 18.8 Å². The Bertz CT molecular complexity index is 1620. The third-order valence-corrected chi connectivity index (χ3v) is 6.96. The van der Waals surface area contributed by atoms with E-state index in [2.05, 4.69) is 11.0 Å². The molecule has 2 heterocycles. The minimum Gasteiger partial charge on any atom is -0.472 e. The number of hydrogen-bond acceptors (Lipinski definition) is 5. The fourth-order valence-corrected chi connectivity index (χ4v) is 4.96. The molecule has 0 amide bonds. The molecule has 6 rings (SSSR count). The van der Waals surface area contributed by atoms with Crippen molar-refractivity contribution in [2.45, 2.75) is 26.8 Å². The van der Waals surface area contributed by atoms with Crippen molar-refractivity contribution >= 4 is 16.7 Å². The van der Waals surface area contributed by atoms with Crippen LogP contribution in [0.1, 0.15) is 27.8 Å². The van der Waals surface area contributed by atoms with E-state index in [0.717, 1.165) is 50.6 Å². The molecule has 0 N–H and O–H groups in total. The molecule has 184 valence electrons. The average Bonchev–Trinajstić information content (AvgIpc) is 2.93. The quantitative estimate of drug-likeness (QED) is 0.245. The van der Waals surface area contributed by atoms with Crippen molar-refractivity contribution in [1.82, 2.24) is 0 Å².